The molecule has 0 radical (unpaired) electrons. The summed E-state index contributed by atoms with van der Waals surface area (Å²) in [4.78, 5) is 24.6. The Morgan fingerprint density at radius 1 is 1.21 bits per heavy atom. The number of amides is 1. The molecule has 6 N–H and O–H groups in total. The fourth-order valence-corrected chi connectivity index (χ4v) is 3.24. The number of fused-ring (bicyclic) bond motifs is 1. The van der Waals surface area contributed by atoms with Gasteiger partial charge in [-0.05, 0) is 17.7 Å². The molecule has 11 nitrogen and oxygen atoms in total. The van der Waals surface area contributed by atoms with Crippen molar-refractivity contribution in [1.29, 1.82) is 0 Å². The number of aromatic nitrogens is 4. The molecular weight excluding hydrogens is 378 g/mol. The molecule has 1 saturated heterocycles. The highest BCUT2D eigenvalue weighted by Crippen LogP contribution is 2.32. The van der Waals surface area contributed by atoms with Crippen LogP contribution in [0.15, 0.2) is 36.9 Å². The third kappa shape index (κ3) is 3.46. The van der Waals surface area contributed by atoms with E-state index in [1.165, 1.54) is 24.3 Å². The Hall–Kier alpha value is -3.28. The number of nitrogen functional groups attached to an aromatic ring is 1. The molecule has 0 aliphatic carbocycles. The van der Waals surface area contributed by atoms with Crippen molar-refractivity contribution in [3.8, 4) is 0 Å². The molecule has 4 atom stereocenters. The molecule has 0 spiro atoms. The van der Waals surface area contributed by atoms with Gasteiger partial charge in [0.25, 0.3) is 5.91 Å². The number of hydrogen-bond donors (Lipinski definition) is 5. The highest BCUT2D eigenvalue weighted by Gasteiger charge is 2.47. The van der Waals surface area contributed by atoms with Crippen molar-refractivity contribution in [3.05, 3.63) is 42.5 Å². The average molecular weight is 399 g/mol. The van der Waals surface area contributed by atoms with Crippen molar-refractivity contribution in [2.75, 3.05) is 18.1 Å². The molecule has 3 heterocycles. The van der Waals surface area contributed by atoms with Crippen molar-refractivity contribution in [1.82, 2.24) is 24.8 Å². The lowest BCUT2D eigenvalue weighted by atomic mass is 10.1. The molecule has 152 valence electrons. The molecule has 1 aliphatic heterocycles. The summed E-state index contributed by atoms with van der Waals surface area (Å²) in [5.41, 5.74) is 8.26. The first-order valence-corrected chi connectivity index (χ1v) is 8.98. The number of likely N-dealkylation sites (N-methyl/N-ethyl adjacent to an activating group) is 1. The fraction of sp³-hybridized carbons (Fsp3) is 0.333. The van der Waals surface area contributed by atoms with E-state index in [0.29, 0.717) is 29.2 Å². The number of rotatable bonds is 5. The summed E-state index contributed by atoms with van der Waals surface area (Å²) < 4.78 is 7.06. The zero-order valence-electron chi connectivity index (χ0n) is 15.6. The van der Waals surface area contributed by atoms with E-state index in [1.54, 1.807) is 0 Å². The lowest BCUT2D eigenvalue weighted by molar-refractivity contribution is -0.137. The van der Waals surface area contributed by atoms with Crippen LogP contribution in [0.1, 0.15) is 11.8 Å². The highest BCUT2D eigenvalue weighted by atomic mass is 16.6. The number of carbonyl (C=O) groups excluding carboxylic acids is 1. The van der Waals surface area contributed by atoms with Gasteiger partial charge in [-0.3, -0.25) is 9.36 Å². The maximum absolute atomic E-state index is 11.9. The zero-order chi connectivity index (χ0) is 20.5. The molecule has 0 unspecified atom stereocenters. The van der Waals surface area contributed by atoms with Crippen LogP contribution in [0, 0.1) is 0 Å². The van der Waals surface area contributed by atoms with Gasteiger partial charge in [-0.25, -0.2) is 15.0 Å². The second-order valence-electron chi connectivity index (χ2n) is 6.68. The van der Waals surface area contributed by atoms with Gasteiger partial charge in [0, 0.05) is 19.3 Å². The smallest absolute Gasteiger partial charge is 0.251 e. The van der Waals surface area contributed by atoms with Gasteiger partial charge >= 0.3 is 0 Å². The predicted octanol–water partition coefficient (Wildman–Crippen LogP) is -0.614. The third-order valence-corrected chi connectivity index (χ3v) is 4.82. The SMILES string of the molecule is CNC(=O)[C@H]1O[C@@H](n2cnc3c(NCc4ccc(N)cc4)ncnc32)[C@H](O)[C@@H]1O. The molecule has 1 amide bonds. The number of nitrogens with zero attached hydrogens (tertiary/aromatic N) is 4. The third-order valence-electron chi connectivity index (χ3n) is 4.82. The van der Waals surface area contributed by atoms with E-state index in [1.807, 2.05) is 24.3 Å². The van der Waals surface area contributed by atoms with Crippen LogP contribution in [0.2, 0.25) is 0 Å². The summed E-state index contributed by atoms with van der Waals surface area (Å²) in [6.07, 6.45) is -2.11. The van der Waals surface area contributed by atoms with Gasteiger partial charge < -0.3 is 31.3 Å². The van der Waals surface area contributed by atoms with E-state index < -0.39 is 30.4 Å². The highest BCUT2D eigenvalue weighted by molar-refractivity contribution is 5.83. The van der Waals surface area contributed by atoms with E-state index in [9.17, 15) is 15.0 Å². The summed E-state index contributed by atoms with van der Waals surface area (Å²) in [6, 6.07) is 7.44. The van der Waals surface area contributed by atoms with Crippen LogP contribution in [0.4, 0.5) is 11.5 Å². The van der Waals surface area contributed by atoms with Gasteiger partial charge in [0.1, 0.15) is 18.5 Å². The van der Waals surface area contributed by atoms with Crippen LogP contribution in [0.25, 0.3) is 11.2 Å². The number of nitrogens with two attached hydrogens (primary N) is 1. The number of aliphatic hydroxyl groups excluding tert-OH is 2. The number of carbonyl (C=O) groups is 1. The largest absolute Gasteiger partial charge is 0.399 e. The average Bonchev–Trinajstić information content (AvgIpc) is 3.29. The van der Waals surface area contributed by atoms with Crippen molar-refractivity contribution < 1.29 is 19.7 Å². The predicted molar refractivity (Wildman–Crippen MR) is 103 cm³/mol. The minimum atomic E-state index is -1.37. The normalized spacial score (nSPS) is 24.0. The first kappa shape index (κ1) is 19.1. The van der Waals surface area contributed by atoms with Crippen LogP contribution in [0.3, 0.4) is 0 Å². The quantitative estimate of drug-likeness (QED) is 0.352. The molecular formula is C18H21N7O4. The van der Waals surface area contributed by atoms with Crippen molar-refractivity contribution >= 4 is 28.6 Å². The molecule has 1 aromatic carbocycles. The topological polar surface area (TPSA) is 160 Å². The van der Waals surface area contributed by atoms with Crippen LogP contribution >= 0.6 is 0 Å². The van der Waals surface area contributed by atoms with Gasteiger partial charge in [-0.1, -0.05) is 12.1 Å². The maximum atomic E-state index is 11.9. The lowest BCUT2D eigenvalue weighted by Crippen LogP contribution is -2.41. The second-order valence-corrected chi connectivity index (χ2v) is 6.68. The molecule has 29 heavy (non-hydrogen) atoms. The van der Waals surface area contributed by atoms with Crippen LogP contribution in [-0.4, -0.2) is 61.0 Å². The fourth-order valence-electron chi connectivity index (χ4n) is 3.24. The monoisotopic (exact) mass is 399 g/mol. The summed E-state index contributed by atoms with van der Waals surface area (Å²) in [5.74, 6) is -0.0228. The van der Waals surface area contributed by atoms with Gasteiger partial charge in [-0.15, -0.1) is 0 Å². The molecule has 4 rings (SSSR count). The number of hydrogen-bond acceptors (Lipinski definition) is 9. The molecule has 2 aromatic heterocycles. The molecule has 3 aromatic rings. The lowest BCUT2D eigenvalue weighted by Gasteiger charge is -2.16. The Morgan fingerprint density at radius 2 is 1.97 bits per heavy atom. The van der Waals surface area contributed by atoms with Crippen LogP contribution in [0.5, 0.6) is 0 Å². The van der Waals surface area contributed by atoms with E-state index in [2.05, 4.69) is 25.6 Å². The van der Waals surface area contributed by atoms with Gasteiger partial charge in [0.05, 0.1) is 6.33 Å². The summed E-state index contributed by atoms with van der Waals surface area (Å²) in [6.45, 7) is 0.499. The van der Waals surface area contributed by atoms with Crippen LogP contribution in [-0.2, 0) is 16.1 Å². The Bertz CT molecular complexity index is 1020. The number of aliphatic hydroxyl groups is 2. The van der Waals surface area contributed by atoms with Crippen molar-refractivity contribution in [2.45, 2.75) is 31.1 Å². The zero-order valence-corrected chi connectivity index (χ0v) is 15.6. The number of anilines is 2. The Kier molecular flexibility index (Phi) is 5.01. The number of imidazole rings is 1. The Morgan fingerprint density at radius 3 is 2.69 bits per heavy atom. The van der Waals surface area contributed by atoms with Crippen LogP contribution < -0.4 is 16.4 Å². The second kappa shape index (κ2) is 7.62. The molecule has 0 saturated carbocycles. The molecule has 1 aliphatic rings. The van der Waals surface area contributed by atoms with E-state index >= 15 is 0 Å². The minimum absolute atomic E-state index is 0.397. The van der Waals surface area contributed by atoms with Crippen molar-refractivity contribution in [3.63, 3.8) is 0 Å². The number of benzene rings is 1. The Balaban J connectivity index is 1.59. The first-order valence-electron chi connectivity index (χ1n) is 8.98. The molecule has 1 fully saturated rings. The van der Waals surface area contributed by atoms with Gasteiger partial charge in [-0.2, -0.15) is 0 Å². The maximum Gasteiger partial charge on any atom is 0.251 e. The summed E-state index contributed by atoms with van der Waals surface area (Å²) in [5, 5.41) is 26.1. The molecule has 0 bridgehead atoms. The van der Waals surface area contributed by atoms with E-state index in [-0.39, 0.29) is 0 Å². The molecule has 11 heteroatoms. The van der Waals surface area contributed by atoms with E-state index in [0.717, 1.165) is 5.56 Å². The first-order chi connectivity index (χ1) is 14.0. The van der Waals surface area contributed by atoms with Gasteiger partial charge in [0.2, 0.25) is 0 Å². The Labute approximate surface area is 165 Å². The standard InChI is InChI=1S/C18H21N7O4/c1-20-17(28)14-12(26)13(27)18(29-14)25-8-24-11-15(22-7-23-16(11)25)21-6-9-2-4-10(19)5-3-9/h2-5,7-8,12-14,18,26-27H,6,19H2,1H3,(H,20,28)(H,21,22,23)/t12-,13+,14-,18+/m0/s1. The number of ether oxygens (including phenoxy) is 1. The van der Waals surface area contributed by atoms with Crippen molar-refractivity contribution in [2.24, 2.45) is 0 Å². The minimum Gasteiger partial charge on any atom is -0.399 e. The van der Waals surface area contributed by atoms with Gasteiger partial charge in [0.15, 0.2) is 29.3 Å². The van der Waals surface area contributed by atoms with E-state index in [4.69, 9.17) is 10.5 Å². The number of nitrogens with one attached hydrogen (secondary N) is 2. The summed E-state index contributed by atoms with van der Waals surface area (Å²) >= 11 is 0. The summed E-state index contributed by atoms with van der Waals surface area (Å²) in [7, 11) is 1.43.